The lowest BCUT2D eigenvalue weighted by Gasteiger charge is -2.03. The minimum absolute atomic E-state index is 0.927. The number of hydrogen-bond acceptors (Lipinski definition) is 2. The van der Waals surface area contributed by atoms with Crippen LogP contribution in [-0.2, 0) is 0 Å². The molecule has 0 aliphatic carbocycles. The van der Waals surface area contributed by atoms with Gasteiger partial charge in [-0.05, 0) is 63.7 Å². The van der Waals surface area contributed by atoms with Gasteiger partial charge in [-0.15, -0.1) is 0 Å². The maximum atomic E-state index is 6.14. The molecule has 0 N–H and O–H groups in total. The number of furan rings is 2. The second-order valence-corrected chi connectivity index (χ2v) is 7.45. The third-order valence-corrected chi connectivity index (χ3v) is 5.74. The third-order valence-electron chi connectivity index (χ3n) is 4.94. The summed E-state index contributed by atoms with van der Waals surface area (Å²) in [6.45, 7) is 0. The van der Waals surface area contributed by atoms with Crippen LogP contribution in [0.2, 0.25) is 0 Å². The minimum atomic E-state index is 0.927. The average Bonchev–Trinajstić information content (AvgIpc) is 3.21. The lowest BCUT2D eigenvalue weighted by Crippen LogP contribution is -1.80. The van der Waals surface area contributed by atoms with Gasteiger partial charge in [0.25, 0.3) is 0 Å². The van der Waals surface area contributed by atoms with Crippen LogP contribution < -0.4 is 0 Å². The molecule has 0 amide bonds. The van der Waals surface area contributed by atoms with Crippen LogP contribution in [0.4, 0.5) is 0 Å². The van der Waals surface area contributed by atoms with E-state index < -0.39 is 0 Å². The van der Waals surface area contributed by atoms with E-state index in [1.54, 1.807) is 0 Å². The predicted molar refractivity (Wildman–Crippen MR) is 111 cm³/mol. The highest BCUT2D eigenvalue weighted by Gasteiger charge is 2.17. The van der Waals surface area contributed by atoms with E-state index in [4.69, 9.17) is 8.83 Å². The summed E-state index contributed by atoms with van der Waals surface area (Å²) in [5.74, 6) is 0. The van der Waals surface area contributed by atoms with Crippen LogP contribution in [0, 0.1) is 3.57 Å². The van der Waals surface area contributed by atoms with E-state index in [1.807, 2.05) is 24.3 Å². The second-order valence-electron chi connectivity index (χ2n) is 6.29. The van der Waals surface area contributed by atoms with Gasteiger partial charge in [0, 0.05) is 21.5 Å². The molecule has 2 aromatic heterocycles. The summed E-state index contributed by atoms with van der Waals surface area (Å²) in [5.41, 5.74) is 3.75. The van der Waals surface area contributed by atoms with Crippen LogP contribution >= 0.6 is 22.6 Å². The molecule has 0 aliphatic heterocycles. The standard InChI is InChI=1S/C22H11IO2/c23-16-11-15-12(21-14-6-2-4-8-18(14)25-22(16)21)9-10-19-20(15)13-5-1-3-7-17(13)24-19/h1-11H. The van der Waals surface area contributed by atoms with Crippen molar-refractivity contribution in [1.82, 2.24) is 0 Å². The van der Waals surface area contributed by atoms with Gasteiger partial charge in [-0.25, -0.2) is 0 Å². The number of para-hydroxylation sites is 2. The summed E-state index contributed by atoms with van der Waals surface area (Å²) in [4.78, 5) is 0. The van der Waals surface area contributed by atoms with Gasteiger partial charge in [-0.1, -0.05) is 36.4 Å². The van der Waals surface area contributed by atoms with Crippen LogP contribution in [0.1, 0.15) is 0 Å². The van der Waals surface area contributed by atoms with E-state index in [1.165, 1.54) is 21.5 Å². The van der Waals surface area contributed by atoms with Crippen molar-refractivity contribution in [3.05, 3.63) is 70.3 Å². The van der Waals surface area contributed by atoms with E-state index in [2.05, 4.69) is 65.1 Å². The first-order valence-electron chi connectivity index (χ1n) is 8.15. The third kappa shape index (κ3) is 1.74. The molecule has 0 saturated carbocycles. The molecular weight excluding hydrogens is 423 g/mol. The topological polar surface area (TPSA) is 26.3 Å². The summed E-state index contributed by atoms with van der Waals surface area (Å²) in [6, 6.07) is 22.9. The number of fused-ring (bicyclic) bond motifs is 9. The molecular formula is C22H11IO2. The maximum Gasteiger partial charge on any atom is 0.149 e. The molecule has 0 radical (unpaired) electrons. The van der Waals surface area contributed by atoms with Crippen molar-refractivity contribution in [3.63, 3.8) is 0 Å². The molecule has 118 valence electrons. The Hall–Kier alpha value is -2.53. The fourth-order valence-electron chi connectivity index (χ4n) is 3.88. The van der Waals surface area contributed by atoms with Gasteiger partial charge in [-0.3, -0.25) is 0 Å². The van der Waals surface area contributed by atoms with Gasteiger partial charge in [-0.2, -0.15) is 0 Å². The van der Waals surface area contributed by atoms with Gasteiger partial charge in [0.2, 0.25) is 0 Å². The molecule has 0 spiro atoms. The molecule has 2 nitrogen and oxygen atoms in total. The van der Waals surface area contributed by atoms with Crippen molar-refractivity contribution in [2.75, 3.05) is 0 Å². The first-order chi connectivity index (χ1) is 12.3. The van der Waals surface area contributed by atoms with Gasteiger partial charge in [0.15, 0.2) is 0 Å². The maximum absolute atomic E-state index is 6.14. The highest BCUT2D eigenvalue weighted by Crippen LogP contribution is 2.42. The predicted octanol–water partition coefficient (Wildman–Crippen LogP) is 7.24. The molecule has 0 atom stereocenters. The number of halogens is 1. The first kappa shape index (κ1) is 13.7. The molecule has 25 heavy (non-hydrogen) atoms. The minimum Gasteiger partial charge on any atom is -0.456 e. The van der Waals surface area contributed by atoms with Gasteiger partial charge >= 0.3 is 0 Å². The quantitative estimate of drug-likeness (QED) is 0.236. The lowest BCUT2D eigenvalue weighted by atomic mass is 9.99. The van der Waals surface area contributed by atoms with E-state index in [0.29, 0.717) is 0 Å². The second kappa shape index (κ2) is 4.76. The number of benzene rings is 4. The van der Waals surface area contributed by atoms with Gasteiger partial charge in [0.05, 0.1) is 3.57 Å². The van der Waals surface area contributed by atoms with Crippen molar-refractivity contribution in [2.24, 2.45) is 0 Å². The molecule has 0 aliphatic rings. The highest BCUT2D eigenvalue weighted by molar-refractivity contribution is 14.1. The smallest absolute Gasteiger partial charge is 0.149 e. The van der Waals surface area contributed by atoms with Crippen molar-refractivity contribution in [2.45, 2.75) is 0 Å². The highest BCUT2D eigenvalue weighted by atomic mass is 127. The van der Waals surface area contributed by atoms with Crippen molar-refractivity contribution in [3.8, 4) is 0 Å². The fourth-order valence-corrected chi connectivity index (χ4v) is 4.58. The SMILES string of the molecule is Ic1cc2c(ccc3oc4ccccc4c32)c2c1oc1ccccc12. The Morgan fingerprint density at radius 2 is 1.24 bits per heavy atom. The monoisotopic (exact) mass is 434 g/mol. The molecule has 0 bridgehead atoms. The molecule has 6 aromatic rings. The van der Waals surface area contributed by atoms with Crippen LogP contribution in [0.15, 0.2) is 75.6 Å². The Morgan fingerprint density at radius 3 is 2.04 bits per heavy atom. The molecule has 0 unspecified atom stereocenters. The Kier molecular flexibility index (Phi) is 2.61. The van der Waals surface area contributed by atoms with Crippen molar-refractivity contribution < 1.29 is 8.83 Å². The van der Waals surface area contributed by atoms with Crippen molar-refractivity contribution >= 4 is 77.2 Å². The van der Waals surface area contributed by atoms with Gasteiger partial charge in [0.1, 0.15) is 22.3 Å². The van der Waals surface area contributed by atoms with Gasteiger partial charge < -0.3 is 8.83 Å². The Morgan fingerprint density at radius 1 is 0.560 bits per heavy atom. The fraction of sp³-hybridized carbons (Fsp3) is 0. The zero-order chi connectivity index (χ0) is 16.5. The van der Waals surface area contributed by atoms with Crippen LogP contribution in [0.25, 0.3) is 54.6 Å². The summed E-state index contributed by atoms with van der Waals surface area (Å²) >= 11 is 2.37. The zero-order valence-corrected chi connectivity index (χ0v) is 15.2. The van der Waals surface area contributed by atoms with E-state index >= 15 is 0 Å². The molecule has 2 heterocycles. The summed E-state index contributed by atoms with van der Waals surface area (Å²) in [6.07, 6.45) is 0. The molecule has 3 heteroatoms. The number of hydrogen-bond donors (Lipinski definition) is 0. The average molecular weight is 434 g/mol. The number of rotatable bonds is 0. The van der Waals surface area contributed by atoms with Crippen LogP contribution in [0.5, 0.6) is 0 Å². The Bertz CT molecular complexity index is 1450. The lowest BCUT2D eigenvalue weighted by molar-refractivity contribution is 0.666. The van der Waals surface area contributed by atoms with Crippen LogP contribution in [-0.4, -0.2) is 0 Å². The Labute approximate surface area is 156 Å². The first-order valence-corrected chi connectivity index (χ1v) is 9.23. The zero-order valence-electron chi connectivity index (χ0n) is 13.0. The summed E-state index contributed by atoms with van der Waals surface area (Å²) in [7, 11) is 0. The summed E-state index contributed by atoms with van der Waals surface area (Å²) < 4.78 is 13.3. The van der Waals surface area contributed by atoms with Crippen LogP contribution in [0.3, 0.4) is 0 Å². The largest absolute Gasteiger partial charge is 0.456 e. The van der Waals surface area contributed by atoms with Crippen molar-refractivity contribution in [1.29, 1.82) is 0 Å². The molecule has 4 aromatic carbocycles. The van der Waals surface area contributed by atoms with E-state index in [0.717, 1.165) is 36.7 Å². The molecule has 0 fully saturated rings. The molecule has 6 rings (SSSR count). The normalized spacial score (nSPS) is 12.2. The van der Waals surface area contributed by atoms with E-state index in [-0.39, 0.29) is 0 Å². The van der Waals surface area contributed by atoms with E-state index in [9.17, 15) is 0 Å². The summed E-state index contributed by atoms with van der Waals surface area (Å²) in [5, 5.41) is 7.10. The Balaban J connectivity index is 1.96. The molecule has 0 saturated heterocycles.